The van der Waals surface area contributed by atoms with Gasteiger partial charge in [0.25, 0.3) is 0 Å². The van der Waals surface area contributed by atoms with E-state index in [1.165, 1.54) is 6.07 Å². The first-order valence-electron chi connectivity index (χ1n) is 8.89. The lowest BCUT2D eigenvalue weighted by molar-refractivity contribution is -0.00183. The maximum atomic E-state index is 13.1. The van der Waals surface area contributed by atoms with E-state index in [0.29, 0.717) is 28.6 Å². The topological polar surface area (TPSA) is 104 Å². The minimum atomic E-state index is -1.87. The van der Waals surface area contributed by atoms with Gasteiger partial charge in [-0.2, -0.15) is 0 Å². The fraction of sp³-hybridized carbons (Fsp3) is 0.350. The fourth-order valence-corrected chi connectivity index (χ4v) is 3.88. The summed E-state index contributed by atoms with van der Waals surface area (Å²) in [6.07, 6.45) is -0.664. The molecule has 0 radical (unpaired) electrons. The molecule has 0 bridgehead atoms. The Morgan fingerprint density at radius 2 is 1.61 bits per heavy atom. The van der Waals surface area contributed by atoms with Crippen molar-refractivity contribution in [2.24, 2.45) is 5.92 Å². The number of hydrogen-bond acceptors (Lipinski definition) is 8. The van der Waals surface area contributed by atoms with Crippen LogP contribution in [0.3, 0.4) is 0 Å². The molecule has 0 spiro atoms. The third-order valence-corrected chi connectivity index (χ3v) is 5.41. The van der Waals surface area contributed by atoms with Gasteiger partial charge in [0.1, 0.15) is 0 Å². The molecule has 1 fully saturated rings. The Labute approximate surface area is 160 Å². The number of carbonyl (C=O) groups is 1. The van der Waals surface area contributed by atoms with Gasteiger partial charge in [-0.05, 0) is 35.9 Å². The molecule has 3 heterocycles. The number of hydrogen-bond donors (Lipinski definition) is 2. The third-order valence-electron chi connectivity index (χ3n) is 5.41. The number of fused-ring (bicyclic) bond motifs is 2. The van der Waals surface area contributed by atoms with Gasteiger partial charge in [-0.3, -0.25) is 4.79 Å². The van der Waals surface area contributed by atoms with E-state index in [0.717, 1.165) is 0 Å². The maximum Gasteiger partial charge on any atom is 0.231 e. The lowest BCUT2D eigenvalue weighted by Gasteiger charge is -2.28. The normalized spacial score (nSPS) is 27.2. The summed E-state index contributed by atoms with van der Waals surface area (Å²) in [6, 6.07) is 9.98. The smallest absolute Gasteiger partial charge is 0.231 e. The Morgan fingerprint density at radius 3 is 2.32 bits per heavy atom. The number of rotatable bonds is 4. The van der Waals surface area contributed by atoms with Crippen LogP contribution in [0, 0.1) is 5.92 Å². The Hall–Kier alpha value is -2.81. The largest absolute Gasteiger partial charge is 0.454 e. The molecule has 0 saturated carbocycles. The van der Waals surface area contributed by atoms with Crippen LogP contribution in [0.4, 0.5) is 0 Å². The van der Waals surface area contributed by atoms with Gasteiger partial charge in [0.2, 0.25) is 13.6 Å². The molecule has 2 N–H and O–H groups in total. The van der Waals surface area contributed by atoms with Gasteiger partial charge in [0.05, 0.1) is 25.2 Å². The molecule has 0 unspecified atom stereocenters. The molecule has 1 saturated heterocycles. The molecule has 0 aromatic heterocycles. The lowest BCUT2D eigenvalue weighted by Crippen LogP contribution is -2.47. The van der Waals surface area contributed by atoms with Crippen molar-refractivity contribution < 1.29 is 38.7 Å². The molecule has 3 aliphatic heterocycles. The first kappa shape index (κ1) is 17.3. The second-order valence-corrected chi connectivity index (χ2v) is 6.95. The summed E-state index contributed by atoms with van der Waals surface area (Å²) in [4.78, 5) is 13.1. The number of aliphatic hydroxyl groups is 2. The molecule has 5 rings (SSSR count). The van der Waals surface area contributed by atoms with E-state index < -0.39 is 30.0 Å². The van der Waals surface area contributed by atoms with E-state index in [2.05, 4.69) is 0 Å². The van der Waals surface area contributed by atoms with Crippen molar-refractivity contribution in [1.82, 2.24) is 0 Å². The summed E-state index contributed by atoms with van der Waals surface area (Å²) < 4.78 is 27.0. The highest BCUT2D eigenvalue weighted by molar-refractivity contribution is 6.03. The van der Waals surface area contributed by atoms with Crippen LogP contribution in [0.2, 0.25) is 0 Å². The van der Waals surface area contributed by atoms with Crippen LogP contribution >= 0.6 is 0 Å². The Morgan fingerprint density at radius 1 is 0.964 bits per heavy atom. The predicted octanol–water partition coefficient (Wildman–Crippen LogP) is 1.44. The summed E-state index contributed by atoms with van der Waals surface area (Å²) in [5.41, 5.74) is -0.915. The van der Waals surface area contributed by atoms with Crippen LogP contribution in [0.1, 0.15) is 22.0 Å². The van der Waals surface area contributed by atoms with Crippen molar-refractivity contribution in [1.29, 1.82) is 0 Å². The average molecular weight is 386 g/mol. The Bertz CT molecular complexity index is 942. The number of benzene rings is 2. The van der Waals surface area contributed by atoms with Crippen LogP contribution in [0.5, 0.6) is 23.0 Å². The molecular formula is C20H18O8. The van der Waals surface area contributed by atoms with E-state index >= 15 is 0 Å². The van der Waals surface area contributed by atoms with E-state index in [1.54, 1.807) is 30.3 Å². The highest BCUT2D eigenvalue weighted by Crippen LogP contribution is 2.45. The summed E-state index contributed by atoms with van der Waals surface area (Å²) in [5.74, 6) is 0.799. The minimum Gasteiger partial charge on any atom is -0.454 e. The third kappa shape index (κ3) is 2.53. The second-order valence-electron chi connectivity index (χ2n) is 6.95. The predicted molar refractivity (Wildman–Crippen MR) is 93.7 cm³/mol. The van der Waals surface area contributed by atoms with Crippen molar-refractivity contribution in [3.05, 3.63) is 47.5 Å². The number of Topliss-reactive ketones (excluding diaryl/α,β-unsaturated/α-hetero) is 1. The minimum absolute atomic E-state index is 0.0891. The van der Waals surface area contributed by atoms with Crippen LogP contribution in [-0.4, -0.2) is 48.4 Å². The van der Waals surface area contributed by atoms with E-state index in [1.807, 2.05) is 0 Å². The first-order valence-corrected chi connectivity index (χ1v) is 8.89. The van der Waals surface area contributed by atoms with Crippen LogP contribution in [-0.2, 0) is 4.74 Å². The van der Waals surface area contributed by atoms with Gasteiger partial charge in [-0.15, -0.1) is 0 Å². The molecule has 146 valence electrons. The number of ether oxygens (including phenoxy) is 5. The number of carbonyl (C=O) groups excluding carboxylic acids is 1. The molecule has 0 amide bonds. The molecule has 3 atom stereocenters. The van der Waals surface area contributed by atoms with Crippen LogP contribution in [0.15, 0.2) is 36.4 Å². The van der Waals surface area contributed by atoms with Gasteiger partial charge in [-0.25, -0.2) is 0 Å². The molecule has 28 heavy (non-hydrogen) atoms. The van der Waals surface area contributed by atoms with Gasteiger partial charge in [-0.1, -0.05) is 6.07 Å². The highest BCUT2D eigenvalue weighted by atomic mass is 16.7. The Kier molecular flexibility index (Phi) is 3.94. The number of ketones is 1. The van der Waals surface area contributed by atoms with Crippen molar-refractivity contribution in [2.75, 3.05) is 26.8 Å². The SMILES string of the molecule is O=C(c1ccc2c(c1)OCO2)[C@@]1(O)CO[C@@H](c2ccc3c(c2)OCO3)[C@H]1CO. The van der Waals surface area contributed by atoms with Crippen LogP contribution in [0.25, 0.3) is 0 Å². The molecule has 0 aliphatic carbocycles. The molecule has 2 aromatic rings. The molecule has 2 aromatic carbocycles. The average Bonchev–Trinajstić information content (AvgIpc) is 3.44. The molecule has 3 aliphatic rings. The summed E-state index contributed by atoms with van der Waals surface area (Å²) in [7, 11) is 0. The Balaban J connectivity index is 1.45. The second kappa shape index (κ2) is 6.37. The quantitative estimate of drug-likeness (QED) is 0.761. The summed E-state index contributed by atoms with van der Waals surface area (Å²) >= 11 is 0. The van der Waals surface area contributed by atoms with E-state index in [-0.39, 0.29) is 25.8 Å². The number of aliphatic hydroxyl groups excluding tert-OH is 1. The summed E-state index contributed by atoms with van der Waals surface area (Å²) in [5, 5.41) is 21.2. The zero-order valence-electron chi connectivity index (χ0n) is 14.8. The highest BCUT2D eigenvalue weighted by Gasteiger charge is 2.54. The van der Waals surface area contributed by atoms with E-state index in [9.17, 15) is 15.0 Å². The monoisotopic (exact) mass is 386 g/mol. The van der Waals surface area contributed by atoms with Gasteiger partial charge >= 0.3 is 0 Å². The van der Waals surface area contributed by atoms with Gasteiger partial charge in [0.15, 0.2) is 34.4 Å². The molecular weight excluding hydrogens is 368 g/mol. The van der Waals surface area contributed by atoms with Crippen molar-refractivity contribution in [2.45, 2.75) is 11.7 Å². The van der Waals surface area contributed by atoms with Gasteiger partial charge < -0.3 is 33.9 Å². The van der Waals surface area contributed by atoms with Crippen molar-refractivity contribution >= 4 is 5.78 Å². The zero-order chi connectivity index (χ0) is 19.3. The summed E-state index contributed by atoms with van der Waals surface area (Å²) in [6.45, 7) is -0.428. The molecule has 8 nitrogen and oxygen atoms in total. The first-order chi connectivity index (χ1) is 13.6. The maximum absolute atomic E-state index is 13.1. The van der Waals surface area contributed by atoms with Crippen molar-refractivity contribution in [3.8, 4) is 23.0 Å². The fourth-order valence-electron chi connectivity index (χ4n) is 3.88. The zero-order valence-corrected chi connectivity index (χ0v) is 14.8. The van der Waals surface area contributed by atoms with Crippen LogP contribution < -0.4 is 18.9 Å². The molecule has 8 heteroatoms. The van der Waals surface area contributed by atoms with Gasteiger partial charge in [0, 0.05) is 5.56 Å². The van der Waals surface area contributed by atoms with E-state index in [4.69, 9.17) is 23.7 Å². The lowest BCUT2D eigenvalue weighted by atomic mass is 9.79. The van der Waals surface area contributed by atoms with Crippen molar-refractivity contribution in [3.63, 3.8) is 0 Å². The standard InChI is InChI=1S/C20H18O8/c21-7-13-18(11-1-3-14-16(5-11)27-9-25-14)24-8-20(13,23)19(22)12-2-4-15-17(6-12)28-10-26-15/h1-6,13,18,21,23H,7-10H2/t13-,18+,20-/m1/s1.